The van der Waals surface area contributed by atoms with Crippen molar-refractivity contribution in [2.24, 2.45) is 10.7 Å². The molecule has 0 saturated carbocycles. The van der Waals surface area contributed by atoms with E-state index in [1.54, 1.807) is 0 Å². The van der Waals surface area contributed by atoms with E-state index in [4.69, 9.17) is 5.73 Å². The Morgan fingerprint density at radius 2 is 2.00 bits per heavy atom. The molecular weight excluding hydrogens is 405 g/mol. The van der Waals surface area contributed by atoms with Gasteiger partial charge in [0.15, 0.2) is 11.5 Å². The number of aliphatic imine (C=N–C) groups is 1. The third kappa shape index (κ3) is 4.31. The van der Waals surface area contributed by atoms with Crippen molar-refractivity contribution in [1.29, 1.82) is 0 Å². The van der Waals surface area contributed by atoms with Crippen molar-refractivity contribution in [3.05, 3.63) is 70.1 Å². The van der Waals surface area contributed by atoms with Crippen LogP contribution in [-0.2, 0) is 11.2 Å². The van der Waals surface area contributed by atoms with Crippen LogP contribution in [0.4, 0.5) is 15.9 Å². The number of anilines is 1. The van der Waals surface area contributed by atoms with Crippen molar-refractivity contribution in [3.63, 3.8) is 0 Å². The molecule has 9 heteroatoms. The lowest BCUT2D eigenvalue weighted by Gasteiger charge is -2.03. The Bertz CT molecular complexity index is 959. The fourth-order valence-electron chi connectivity index (χ4n) is 2.14. The molecule has 0 aliphatic rings. The molecule has 26 heavy (non-hydrogen) atoms. The highest BCUT2D eigenvalue weighted by Gasteiger charge is 2.17. The van der Waals surface area contributed by atoms with E-state index in [1.165, 1.54) is 18.2 Å². The highest BCUT2D eigenvalue weighted by molar-refractivity contribution is 9.10. The van der Waals surface area contributed by atoms with Crippen molar-refractivity contribution in [2.45, 2.75) is 6.42 Å². The summed E-state index contributed by atoms with van der Waals surface area (Å²) in [5.41, 5.74) is 7.26. The summed E-state index contributed by atoms with van der Waals surface area (Å²) >= 11 is 3.07. The van der Waals surface area contributed by atoms with Gasteiger partial charge in [0.05, 0.1) is 16.6 Å². The molecule has 3 aromatic rings. The van der Waals surface area contributed by atoms with Gasteiger partial charge in [-0.1, -0.05) is 30.3 Å². The maximum Gasteiger partial charge on any atom is 0.230 e. The molecule has 1 amide bonds. The number of amidine groups is 1. The van der Waals surface area contributed by atoms with Gasteiger partial charge in [-0.2, -0.15) is 0 Å². The number of aromatic nitrogens is 2. The van der Waals surface area contributed by atoms with Gasteiger partial charge in [-0.3, -0.25) is 4.79 Å². The van der Waals surface area contributed by atoms with Gasteiger partial charge in [0.25, 0.3) is 0 Å². The van der Waals surface area contributed by atoms with Crippen LogP contribution < -0.4 is 11.1 Å². The molecule has 1 aromatic heterocycles. The zero-order chi connectivity index (χ0) is 18.5. The lowest BCUT2D eigenvalue weighted by atomic mass is 10.1. The maximum atomic E-state index is 13.3. The minimum atomic E-state index is -0.417. The summed E-state index contributed by atoms with van der Waals surface area (Å²) in [4.78, 5) is 16.3. The standard InChI is InChI=1S/C17H13BrFN5O2/c18-12-9-11(6-7-13(12)19)21-16(20)15-17(24-26-23-15)22-14(25)8-10-4-2-1-3-5-10/h1-7,9H,8H2,(H2,20,21)(H,22,24,25). The molecular formula is C17H13BrFN5O2. The molecule has 0 saturated heterocycles. The van der Waals surface area contributed by atoms with Crippen LogP contribution in [0.3, 0.4) is 0 Å². The van der Waals surface area contributed by atoms with E-state index in [1.807, 2.05) is 30.3 Å². The van der Waals surface area contributed by atoms with E-state index in [0.717, 1.165) is 5.56 Å². The Morgan fingerprint density at radius 1 is 1.23 bits per heavy atom. The van der Waals surface area contributed by atoms with Gasteiger partial charge in [0.1, 0.15) is 5.82 Å². The molecule has 0 radical (unpaired) electrons. The summed E-state index contributed by atoms with van der Waals surface area (Å²) in [5.74, 6) is -0.682. The van der Waals surface area contributed by atoms with Crippen LogP contribution in [0.1, 0.15) is 11.3 Å². The Morgan fingerprint density at radius 3 is 2.73 bits per heavy atom. The minimum Gasteiger partial charge on any atom is -0.382 e. The van der Waals surface area contributed by atoms with E-state index in [0.29, 0.717) is 5.69 Å². The molecule has 7 nitrogen and oxygen atoms in total. The molecule has 0 atom stereocenters. The first-order chi connectivity index (χ1) is 12.5. The van der Waals surface area contributed by atoms with Crippen LogP contribution in [0.25, 0.3) is 0 Å². The number of amides is 1. The van der Waals surface area contributed by atoms with Crippen LogP contribution in [0, 0.1) is 5.82 Å². The van der Waals surface area contributed by atoms with E-state index in [9.17, 15) is 9.18 Å². The molecule has 3 rings (SSSR count). The van der Waals surface area contributed by atoms with E-state index in [2.05, 4.69) is 41.2 Å². The topological polar surface area (TPSA) is 106 Å². The maximum absolute atomic E-state index is 13.3. The van der Waals surface area contributed by atoms with Crippen molar-refractivity contribution < 1.29 is 13.8 Å². The second kappa shape index (κ2) is 7.87. The molecule has 0 unspecified atom stereocenters. The van der Waals surface area contributed by atoms with E-state index >= 15 is 0 Å². The van der Waals surface area contributed by atoms with Crippen molar-refractivity contribution >= 4 is 39.2 Å². The zero-order valence-corrected chi connectivity index (χ0v) is 14.9. The fourth-order valence-corrected chi connectivity index (χ4v) is 2.51. The average molecular weight is 418 g/mol. The van der Waals surface area contributed by atoms with Crippen molar-refractivity contribution in [3.8, 4) is 0 Å². The van der Waals surface area contributed by atoms with Crippen molar-refractivity contribution in [2.75, 3.05) is 5.32 Å². The second-order valence-electron chi connectivity index (χ2n) is 5.27. The Balaban J connectivity index is 1.76. The smallest absolute Gasteiger partial charge is 0.230 e. The van der Waals surface area contributed by atoms with Crippen LogP contribution >= 0.6 is 15.9 Å². The first-order valence-electron chi connectivity index (χ1n) is 7.49. The molecule has 3 N–H and O–H groups in total. The molecule has 0 aliphatic carbocycles. The van der Waals surface area contributed by atoms with Gasteiger partial charge in [0.2, 0.25) is 11.7 Å². The summed E-state index contributed by atoms with van der Waals surface area (Å²) in [5, 5.41) is 9.90. The molecule has 2 aromatic carbocycles. The van der Waals surface area contributed by atoms with Crippen LogP contribution in [0.2, 0.25) is 0 Å². The summed E-state index contributed by atoms with van der Waals surface area (Å²) < 4.78 is 18.2. The Kier molecular flexibility index (Phi) is 5.37. The molecule has 132 valence electrons. The summed E-state index contributed by atoms with van der Waals surface area (Å²) in [6.45, 7) is 0. The van der Waals surface area contributed by atoms with Gasteiger partial charge >= 0.3 is 0 Å². The van der Waals surface area contributed by atoms with Crippen LogP contribution in [0.5, 0.6) is 0 Å². The number of benzene rings is 2. The number of halogens is 2. The summed E-state index contributed by atoms with van der Waals surface area (Å²) in [6.07, 6.45) is 0.162. The molecule has 0 aliphatic heterocycles. The van der Waals surface area contributed by atoms with Gasteiger partial charge in [-0.25, -0.2) is 14.0 Å². The summed E-state index contributed by atoms with van der Waals surface area (Å²) in [7, 11) is 0. The largest absolute Gasteiger partial charge is 0.382 e. The number of nitrogens with one attached hydrogen (secondary N) is 1. The fraction of sp³-hybridized carbons (Fsp3) is 0.0588. The first-order valence-corrected chi connectivity index (χ1v) is 8.28. The monoisotopic (exact) mass is 417 g/mol. The third-order valence-corrected chi connectivity index (χ3v) is 3.96. The van der Waals surface area contributed by atoms with Crippen LogP contribution in [0.15, 0.2) is 62.6 Å². The highest BCUT2D eigenvalue weighted by atomic mass is 79.9. The second-order valence-corrected chi connectivity index (χ2v) is 6.12. The quantitative estimate of drug-likeness (QED) is 0.489. The van der Waals surface area contributed by atoms with E-state index < -0.39 is 5.82 Å². The molecule has 0 fully saturated rings. The summed E-state index contributed by atoms with van der Waals surface area (Å²) in [6, 6.07) is 13.4. The number of nitrogens with two attached hydrogens (primary N) is 1. The van der Waals surface area contributed by atoms with Gasteiger partial charge in [0, 0.05) is 0 Å². The minimum absolute atomic E-state index is 0.0280. The normalized spacial score (nSPS) is 11.4. The SMILES string of the molecule is NC(=Nc1ccc(F)c(Br)c1)c1nonc1NC(=O)Cc1ccccc1. The number of carbonyl (C=O) groups is 1. The van der Waals surface area contributed by atoms with Gasteiger partial charge in [-0.05, 0) is 50.0 Å². The Hall–Kier alpha value is -3.07. The molecule has 0 spiro atoms. The third-order valence-electron chi connectivity index (χ3n) is 3.35. The predicted octanol–water partition coefficient (Wildman–Crippen LogP) is 3.19. The Labute approximate surface area is 156 Å². The van der Waals surface area contributed by atoms with Gasteiger partial charge < -0.3 is 11.1 Å². The van der Waals surface area contributed by atoms with Crippen molar-refractivity contribution in [1.82, 2.24) is 10.3 Å². The first kappa shape index (κ1) is 17.7. The number of hydrogen-bond donors (Lipinski definition) is 2. The highest BCUT2D eigenvalue weighted by Crippen LogP contribution is 2.23. The number of carbonyl (C=O) groups excluding carboxylic acids is 1. The van der Waals surface area contributed by atoms with Crippen LogP contribution in [-0.4, -0.2) is 22.1 Å². The van der Waals surface area contributed by atoms with Gasteiger partial charge in [-0.15, -0.1) is 0 Å². The lowest BCUT2D eigenvalue weighted by molar-refractivity contribution is -0.115. The lowest BCUT2D eigenvalue weighted by Crippen LogP contribution is -2.20. The average Bonchev–Trinajstić information content (AvgIpc) is 3.07. The van der Waals surface area contributed by atoms with E-state index in [-0.39, 0.29) is 34.1 Å². The number of hydrogen-bond acceptors (Lipinski definition) is 5. The predicted molar refractivity (Wildman–Crippen MR) is 97.6 cm³/mol. The number of nitrogens with zero attached hydrogens (tertiary/aromatic N) is 3. The zero-order valence-electron chi connectivity index (χ0n) is 13.3. The molecule has 0 bridgehead atoms. The molecule has 1 heterocycles. The number of rotatable bonds is 5.